The van der Waals surface area contributed by atoms with Gasteiger partial charge in [-0.1, -0.05) is 91.3 Å². The molecule has 0 N–H and O–H groups in total. The Morgan fingerprint density at radius 3 is 1.44 bits per heavy atom. The van der Waals surface area contributed by atoms with Crippen LogP contribution in [0.2, 0.25) is 0 Å². The van der Waals surface area contributed by atoms with Gasteiger partial charge in [0.15, 0.2) is 0 Å². The minimum Gasteiger partial charge on any atom is -0.0897 e. The summed E-state index contributed by atoms with van der Waals surface area (Å²) in [5, 5.41) is 0. The van der Waals surface area contributed by atoms with Gasteiger partial charge in [-0.05, 0) is 29.5 Å². The summed E-state index contributed by atoms with van der Waals surface area (Å²) in [4.78, 5) is 1.35. The van der Waals surface area contributed by atoms with Gasteiger partial charge in [-0.25, -0.2) is 0 Å². The SMILES string of the molecule is CCCCC(CC)CC(=S)CC(CC)CCCC. The van der Waals surface area contributed by atoms with Crippen molar-refractivity contribution in [3.05, 3.63) is 0 Å². The average Bonchev–Trinajstić information content (AvgIpc) is 2.39. The topological polar surface area (TPSA) is 0 Å². The van der Waals surface area contributed by atoms with Gasteiger partial charge in [0.25, 0.3) is 0 Å². The summed E-state index contributed by atoms with van der Waals surface area (Å²) in [6, 6.07) is 0. The van der Waals surface area contributed by atoms with Gasteiger partial charge in [0.2, 0.25) is 0 Å². The predicted octanol–water partition coefficient (Wildman–Crippen LogP) is 6.57. The van der Waals surface area contributed by atoms with Crippen LogP contribution in [0.4, 0.5) is 0 Å². The van der Waals surface area contributed by atoms with Crippen molar-refractivity contribution < 1.29 is 0 Å². The van der Waals surface area contributed by atoms with Gasteiger partial charge in [-0.3, -0.25) is 0 Å². The van der Waals surface area contributed by atoms with E-state index in [2.05, 4.69) is 27.7 Å². The maximum atomic E-state index is 5.64. The molecule has 0 heterocycles. The van der Waals surface area contributed by atoms with Gasteiger partial charge in [0.1, 0.15) is 0 Å². The van der Waals surface area contributed by atoms with E-state index < -0.39 is 0 Å². The molecule has 2 atom stereocenters. The summed E-state index contributed by atoms with van der Waals surface area (Å²) in [6.07, 6.45) is 13.1. The molecule has 0 spiro atoms. The van der Waals surface area contributed by atoms with Crippen molar-refractivity contribution in [1.82, 2.24) is 0 Å². The molecule has 0 nitrogen and oxygen atoms in total. The Morgan fingerprint density at radius 1 is 0.778 bits per heavy atom. The second kappa shape index (κ2) is 12.1. The van der Waals surface area contributed by atoms with Crippen LogP contribution in [0, 0.1) is 11.8 Å². The summed E-state index contributed by atoms with van der Waals surface area (Å²) < 4.78 is 0. The third kappa shape index (κ3) is 9.08. The number of hydrogen-bond donors (Lipinski definition) is 0. The molecule has 18 heavy (non-hydrogen) atoms. The van der Waals surface area contributed by atoms with Gasteiger partial charge < -0.3 is 0 Å². The van der Waals surface area contributed by atoms with Gasteiger partial charge in [0, 0.05) is 0 Å². The fourth-order valence-electron chi connectivity index (χ4n) is 2.61. The Hall–Kier alpha value is 0.0900. The van der Waals surface area contributed by atoms with Crippen LogP contribution in [-0.2, 0) is 0 Å². The highest BCUT2D eigenvalue weighted by Gasteiger charge is 2.13. The summed E-state index contributed by atoms with van der Waals surface area (Å²) in [5.41, 5.74) is 0. The maximum absolute atomic E-state index is 5.64. The highest BCUT2D eigenvalue weighted by Crippen LogP contribution is 2.23. The lowest BCUT2D eigenvalue weighted by Gasteiger charge is -2.19. The zero-order chi connectivity index (χ0) is 13.8. The first-order chi connectivity index (χ1) is 8.67. The molecular weight excluding hydrogens is 236 g/mol. The zero-order valence-corrected chi connectivity index (χ0v) is 14.0. The Bertz CT molecular complexity index is 178. The van der Waals surface area contributed by atoms with Crippen molar-refractivity contribution in [3.8, 4) is 0 Å². The molecule has 0 aromatic carbocycles. The minimum absolute atomic E-state index is 0.848. The maximum Gasteiger partial charge on any atom is -0.00660 e. The van der Waals surface area contributed by atoms with Crippen LogP contribution in [0.5, 0.6) is 0 Å². The third-order valence-electron chi connectivity index (χ3n) is 4.12. The number of rotatable bonds is 12. The van der Waals surface area contributed by atoms with E-state index in [0.29, 0.717) is 0 Å². The molecule has 108 valence electrons. The van der Waals surface area contributed by atoms with Crippen LogP contribution < -0.4 is 0 Å². The van der Waals surface area contributed by atoms with Crippen molar-refractivity contribution >= 4 is 17.1 Å². The summed E-state index contributed by atoms with van der Waals surface area (Å²) in [7, 11) is 0. The highest BCUT2D eigenvalue weighted by molar-refractivity contribution is 7.80. The fraction of sp³-hybridized carbons (Fsp3) is 0.941. The monoisotopic (exact) mass is 270 g/mol. The third-order valence-corrected chi connectivity index (χ3v) is 4.45. The Morgan fingerprint density at radius 2 is 1.17 bits per heavy atom. The first-order valence-corrected chi connectivity index (χ1v) is 8.60. The molecule has 0 bridgehead atoms. The van der Waals surface area contributed by atoms with Gasteiger partial charge in [0.05, 0.1) is 0 Å². The molecule has 1 heteroatoms. The molecule has 0 aliphatic carbocycles. The highest BCUT2D eigenvalue weighted by atomic mass is 32.1. The van der Waals surface area contributed by atoms with Crippen LogP contribution in [0.15, 0.2) is 0 Å². The molecule has 0 saturated heterocycles. The molecule has 0 aliphatic heterocycles. The number of unbranched alkanes of at least 4 members (excludes halogenated alkanes) is 2. The molecule has 0 radical (unpaired) electrons. The lowest BCUT2D eigenvalue weighted by atomic mass is 9.88. The molecule has 0 aromatic rings. The normalized spacial score (nSPS) is 14.4. The van der Waals surface area contributed by atoms with Crippen LogP contribution in [-0.4, -0.2) is 4.86 Å². The summed E-state index contributed by atoms with van der Waals surface area (Å²) >= 11 is 5.64. The summed E-state index contributed by atoms with van der Waals surface area (Å²) in [5.74, 6) is 1.70. The quantitative estimate of drug-likeness (QED) is 0.361. The minimum atomic E-state index is 0.848. The van der Waals surface area contributed by atoms with Gasteiger partial charge >= 0.3 is 0 Å². The van der Waals surface area contributed by atoms with Crippen molar-refractivity contribution in [2.45, 2.75) is 91.9 Å². The van der Waals surface area contributed by atoms with Crippen molar-refractivity contribution in [3.63, 3.8) is 0 Å². The first kappa shape index (κ1) is 18.1. The molecule has 0 aromatic heterocycles. The first-order valence-electron chi connectivity index (χ1n) is 8.19. The zero-order valence-electron chi connectivity index (χ0n) is 13.1. The standard InChI is InChI=1S/C17H34S/c1-5-9-11-15(7-3)13-17(18)14-16(8-4)12-10-6-2/h15-16H,5-14H2,1-4H3. The van der Waals surface area contributed by atoms with E-state index in [9.17, 15) is 0 Å². The van der Waals surface area contributed by atoms with Crippen LogP contribution in [0.3, 0.4) is 0 Å². The summed E-state index contributed by atoms with van der Waals surface area (Å²) in [6.45, 7) is 9.19. The van der Waals surface area contributed by atoms with Gasteiger partial charge in [-0.15, -0.1) is 0 Å². The Kier molecular flexibility index (Phi) is 12.2. The Labute approximate surface area is 121 Å². The van der Waals surface area contributed by atoms with Crippen molar-refractivity contribution in [2.24, 2.45) is 11.8 Å². The molecular formula is C17H34S. The average molecular weight is 271 g/mol. The second-order valence-corrected chi connectivity index (χ2v) is 6.36. The van der Waals surface area contributed by atoms with Crippen LogP contribution in [0.25, 0.3) is 0 Å². The molecule has 0 saturated carbocycles. The van der Waals surface area contributed by atoms with Crippen molar-refractivity contribution in [2.75, 3.05) is 0 Å². The lowest BCUT2D eigenvalue weighted by molar-refractivity contribution is 0.444. The second-order valence-electron chi connectivity index (χ2n) is 5.78. The molecule has 0 aliphatic rings. The van der Waals surface area contributed by atoms with E-state index in [1.807, 2.05) is 0 Å². The van der Waals surface area contributed by atoms with Crippen LogP contribution in [0.1, 0.15) is 91.9 Å². The number of hydrogen-bond acceptors (Lipinski definition) is 1. The lowest BCUT2D eigenvalue weighted by Crippen LogP contribution is -2.11. The fourth-order valence-corrected chi connectivity index (χ4v) is 3.09. The largest absolute Gasteiger partial charge is 0.0897 e. The molecule has 0 rings (SSSR count). The van der Waals surface area contributed by atoms with Crippen LogP contribution >= 0.6 is 12.2 Å². The van der Waals surface area contributed by atoms with Gasteiger partial charge in [-0.2, -0.15) is 0 Å². The van der Waals surface area contributed by atoms with E-state index in [1.165, 1.54) is 69.1 Å². The van der Waals surface area contributed by atoms with E-state index in [4.69, 9.17) is 12.2 Å². The number of thiocarbonyl (C=S) groups is 1. The van der Waals surface area contributed by atoms with E-state index in [0.717, 1.165) is 11.8 Å². The predicted molar refractivity (Wildman–Crippen MR) is 88.4 cm³/mol. The molecule has 2 unspecified atom stereocenters. The van der Waals surface area contributed by atoms with E-state index >= 15 is 0 Å². The van der Waals surface area contributed by atoms with E-state index in [1.54, 1.807) is 0 Å². The Balaban J connectivity index is 3.96. The smallest absolute Gasteiger partial charge is 0.00660 e. The van der Waals surface area contributed by atoms with Crippen molar-refractivity contribution in [1.29, 1.82) is 0 Å². The van der Waals surface area contributed by atoms with E-state index in [-0.39, 0.29) is 0 Å². The molecule has 0 amide bonds. The molecule has 0 fully saturated rings.